The fourth-order valence-corrected chi connectivity index (χ4v) is 5.16. The SMILES string of the molecule is C#C[C@H](O)/C=C/CCCCCCCCCCCC/C=C\CCCCCCCCCCCCCC[C@H](O)C#CC#CC#CCO. The van der Waals surface area contributed by atoms with Crippen LogP contribution in [0.15, 0.2) is 24.3 Å². The zero-order valence-corrected chi connectivity index (χ0v) is 28.0. The maximum Gasteiger partial charge on any atom is 0.133 e. The second kappa shape index (κ2) is 36.8. The number of unbranched alkanes of at least 4 members (excludes halogenated alkanes) is 23. The van der Waals surface area contributed by atoms with Gasteiger partial charge in [-0.2, -0.15) is 0 Å². The summed E-state index contributed by atoms with van der Waals surface area (Å²) in [6, 6.07) is 0. The molecule has 0 bridgehead atoms. The molecule has 0 aliphatic carbocycles. The van der Waals surface area contributed by atoms with Gasteiger partial charge in [-0.05, 0) is 81.1 Å². The Morgan fingerprint density at radius 2 is 0.864 bits per heavy atom. The van der Waals surface area contributed by atoms with Crippen LogP contribution in [0.4, 0.5) is 0 Å². The lowest BCUT2D eigenvalue weighted by Gasteiger charge is -2.04. The van der Waals surface area contributed by atoms with Crippen LogP contribution >= 0.6 is 0 Å². The molecule has 0 aliphatic heterocycles. The van der Waals surface area contributed by atoms with E-state index < -0.39 is 12.2 Å². The smallest absolute Gasteiger partial charge is 0.133 e. The third-order valence-electron chi connectivity index (χ3n) is 7.84. The Morgan fingerprint density at radius 1 is 0.477 bits per heavy atom. The Hall–Kier alpha value is -2.40. The minimum Gasteiger partial charge on any atom is -0.384 e. The summed E-state index contributed by atoms with van der Waals surface area (Å²) < 4.78 is 0. The molecular weight excluding hydrogens is 540 g/mol. The monoisotopic (exact) mass is 604 g/mol. The first-order chi connectivity index (χ1) is 21.7. The molecule has 3 N–H and O–H groups in total. The second-order valence-corrected chi connectivity index (χ2v) is 11.9. The first kappa shape index (κ1) is 41.6. The quantitative estimate of drug-likeness (QED) is 0.0453. The molecule has 2 atom stereocenters. The molecule has 0 saturated heterocycles. The van der Waals surface area contributed by atoms with Crippen LogP contribution in [-0.4, -0.2) is 34.1 Å². The maximum absolute atomic E-state index is 9.84. The minimum atomic E-state index is -0.721. The predicted molar refractivity (Wildman–Crippen MR) is 190 cm³/mol. The highest BCUT2D eigenvalue weighted by Gasteiger charge is 1.99. The summed E-state index contributed by atoms with van der Waals surface area (Å²) >= 11 is 0. The molecular formula is C41H64O3. The molecule has 0 unspecified atom stereocenters. The molecule has 0 saturated carbocycles. The van der Waals surface area contributed by atoms with Gasteiger partial charge in [0.15, 0.2) is 0 Å². The summed E-state index contributed by atoms with van der Waals surface area (Å²) in [5.74, 6) is 17.6. The van der Waals surface area contributed by atoms with Gasteiger partial charge in [0.2, 0.25) is 0 Å². The molecule has 44 heavy (non-hydrogen) atoms. The van der Waals surface area contributed by atoms with Crippen molar-refractivity contribution in [1.29, 1.82) is 0 Å². The summed E-state index contributed by atoms with van der Waals surface area (Å²) in [5, 5.41) is 27.6. The lowest BCUT2D eigenvalue weighted by molar-refractivity contribution is 0.217. The van der Waals surface area contributed by atoms with Crippen molar-refractivity contribution in [2.75, 3.05) is 6.61 Å². The van der Waals surface area contributed by atoms with Crippen molar-refractivity contribution in [3.05, 3.63) is 24.3 Å². The molecule has 0 aromatic heterocycles. The average molecular weight is 605 g/mol. The molecule has 0 aliphatic rings. The summed E-state index contributed by atoms with van der Waals surface area (Å²) in [4.78, 5) is 0. The van der Waals surface area contributed by atoms with Crippen molar-refractivity contribution in [3.63, 3.8) is 0 Å². The summed E-state index contributed by atoms with van der Waals surface area (Å²) in [6.45, 7) is -0.197. The van der Waals surface area contributed by atoms with E-state index >= 15 is 0 Å². The topological polar surface area (TPSA) is 60.7 Å². The molecule has 0 spiro atoms. The fraction of sp³-hybridized carbons (Fsp3) is 0.707. The van der Waals surface area contributed by atoms with Crippen LogP contribution in [-0.2, 0) is 0 Å². The molecule has 3 nitrogen and oxygen atoms in total. The van der Waals surface area contributed by atoms with E-state index in [9.17, 15) is 10.2 Å². The molecule has 0 aromatic carbocycles. The molecule has 0 aromatic rings. The third kappa shape index (κ3) is 35.8. The Morgan fingerprint density at radius 3 is 1.30 bits per heavy atom. The molecule has 0 amide bonds. The molecule has 3 heteroatoms. The van der Waals surface area contributed by atoms with Gasteiger partial charge in [0.05, 0.1) is 0 Å². The number of aliphatic hydroxyl groups is 3. The van der Waals surface area contributed by atoms with Crippen LogP contribution in [0, 0.1) is 47.9 Å². The number of terminal acetylenes is 1. The van der Waals surface area contributed by atoms with Crippen LogP contribution in [0.5, 0.6) is 0 Å². The van der Waals surface area contributed by atoms with E-state index in [2.05, 4.69) is 53.6 Å². The highest BCUT2D eigenvalue weighted by Crippen LogP contribution is 2.15. The van der Waals surface area contributed by atoms with Crippen molar-refractivity contribution in [2.24, 2.45) is 0 Å². The predicted octanol–water partition coefficient (Wildman–Crippen LogP) is 9.60. The normalized spacial score (nSPS) is 12.1. The van der Waals surface area contributed by atoms with Gasteiger partial charge in [0.25, 0.3) is 0 Å². The minimum absolute atomic E-state index is 0.197. The van der Waals surface area contributed by atoms with E-state index in [1.165, 1.54) is 141 Å². The van der Waals surface area contributed by atoms with Crippen molar-refractivity contribution in [1.82, 2.24) is 0 Å². The number of hydrogen-bond donors (Lipinski definition) is 3. The summed E-state index contributed by atoms with van der Waals surface area (Å²) in [7, 11) is 0. The van der Waals surface area contributed by atoms with Crippen LogP contribution in [0.1, 0.15) is 167 Å². The average Bonchev–Trinajstić information content (AvgIpc) is 3.03. The lowest BCUT2D eigenvalue weighted by atomic mass is 10.0. The molecule has 0 heterocycles. The van der Waals surface area contributed by atoms with Gasteiger partial charge in [-0.25, -0.2) is 0 Å². The number of rotatable bonds is 29. The largest absolute Gasteiger partial charge is 0.384 e. The van der Waals surface area contributed by atoms with E-state index in [-0.39, 0.29) is 6.61 Å². The first-order valence-electron chi connectivity index (χ1n) is 17.9. The highest BCUT2D eigenvalue weighted by atomic mass is 16.3. The van der Waals surface area contributed by atoms with Gasteiger partial charge < -0.3 is 15.3 Å². The van der Waals surface area contributed by atoms with E-state index in [0.717, 1.165) is 19.3 Å². The number of hydrogen-bond acceptors (Lipinski definition) is 3. The van der Waals surface area contributed by atoms with Crippen molar-refractivity contribution < 1.29 is 15.3 Å². The zero-order chi connectivity index (χ0) is 32.0. The Labute approximate surface area is 272 Å². The standard InChI is InChI=1S/C41H64O3/c1-2-40(43)36-32-28-25-23-21-19-17-15-13-11-9-7-5-3-4-6-8-10-12-14-16-18-20-22-24-26-29-33-37-41(44)38-34-30-27-31-35-39-42/h1,3-4,32,36,40-44H,5-26,28-29,33,37,39H2/b4-3-,36-32+/t40-,41-/m0/s1. The Kier molecular flexibility index (Phi) is 34.8. The van der Waals surface area contributed by atoms with Gasteiger partial charge >= 0.3 is 0 Å². The number of aliphatic hydroxyl groups excluding tert-OH is 3. The summed E-state index contributed by atoms with van der Waals surface area (Å²) in [5.41, 5.74) is 0. The van der Waals surface area contributed by atoms with Gasteiger partial charge in [0, 0.05) is 0 Å². The van der Waals surface area contributed by atoms with E-state index in [1.807, 2.05) is 6.08 Å². The van der Waals surface area contributed by atoms with Crippen LogP contribution in [0.3, 0.4) is 0 Å². The lowest BCUT2D eigenvalue weighted by Crippen LogP contribution is -2.01. The van der Waals surface area contributed by atoms with E-state index in [1.54, 1.807) is 6.08 Å². The van der Waals surface area contributed by atoms with Gasteiger partial charge in [-0.3, -0.25) is 0 Å². The van der Waals surface area contributed by atoms with Crippen LogP contribution in [0.2, 0.25) is 0 Å². The van der Waals surface area contributed by atoms with Crippen LogP contribution < -0.4 is 0 Å². The molecule has 246 valence electrons. The summed E-state index contributed by atoms with van der Waals surface area (Å²) in [6.07, 6.45) is 45.6. The van der Waals surface area contributed by atoms with Gasteiger partial charge in [0.1, 0.15) is 18.8 Å². The second-order valence-electron chi connectivity index (χ2n) is 11.9. The van der Waals surface area contributed by atoms with Crippen molar-refractivity contribution in [2.45, 2.75) is 179 Å². The van der Waals surface area contributed by atoms with Gasteiger partial charge in [-0.15, -0.1) is 6.42 Å². The molecule has 0 radical (unpaired) electrons. The van der Waals surface area contributed by atoms with E-state index in [4.69, 9.17) is 11.5 Å². The Bertz CT molecular complexity index is 905. The third-order valence-corrected chi connectivity index (χ3v) is 7.84. The molecule has 0 rings (SSSR count). The van der Waals surface area contributed by atoms with Crippen molar-refractivity contribution >= 4 is 0 Å². The first-order valence-corrected chi connectivity index (χ1v) is 17.9. The maximum atomic E-state index is 9.84. The Balaban J connectivity index is 3.26. The van der Waals surface area contributed by atoms with Crippen LogP contribution in [0.25, 0.3) is 0 Å². The fourth-order valence-electron chi connectivity index (χ4n) is 5.16. The highest BCUT2D eigenvalue weighted by molar-refractivity contribution is 5.36. The van der Waals surface area contributed by atoms with Gasteiger partial charge in [-0.1, -0.05) is 152 Å². The molecule has 0 fully saturated rings. The van der Waals surface area contributed by atoms with E-state index in [0.29, 0.717) is 6.42 Å². The zero-order valence-electron chi connectivity index (χ0n) is 28.0. The van der Waals surface area contributed by atoms with Crippen molar-refractivity contribution in [3.8, 4) is 47.9 Å². The number of allylic oxidation sites excluding steroid dienone is 3.